The summed E-state index contributed by atoms with van der Waals surface area (Å²) in [6, 6.07) is 6.98. The molecule has 7 heteroatoms. The van der Waals surface area contributed by atoms with E-state index in [1.165, 1.54) is 0 Å². The summed E-state index contributed by atoms with van der Waals surface area (Å²) in [5.41, 5.74) is 2.86. The summed E-state index contributed by atoms with van der Waals surface area (Å²) in [5, 5.41) is 16.5. The van der Waals surface area contributed by atoms with E-state index in [1.54, 1.807) is 30.3 Å². The Morgan fingerprint density at radius 1 is 1.24 bits per heavy atom. The van der Waals surface area contributed by atoms with Crippen molar-refractivity contribution in [3.8, 4) is 12.3 Å². The first kappa shape index (κ1) is 28.3. The monoisotopic (exact) mass is 462 g/mol. The third-order valence-electron chi connectivity index (χ3n) is 5.11. The SMILES string of the molecule is C#CCNC.C/C=C1\C(=N)C=CC=C1C1(NC(=O)c2ccccc2CNC(=O)C=O)CC1.CC. The molecule has 1 aromatic rings. The highest BCUT2D eigenvalue weighted by Gasteiger charge is 2.49. The van der Waals surface area contributed by atoms with Crippen LogP contribution in [0.3, 0.4) is 0 Å². The summed E-state index contributed by atoms with van der Waals surface area (Å²) in [6.07, 6.45) is 14.1. The van der Waals surface area contributed by atoms with Crippen molar-refractivity contribution in [2.24, 2.45) is 0 Å². The maximum absolute atomic E-state index is 12.9. The van der Waals surface area contributed by atoms with Crippen LogP contribution in [0.5, 0.6) is 0 Å². The zero-order valence-electron chi connectivity index (χ0n) is 20.3. The molecule has 2 aliphatic carbocycles. The van der Waals surface area contributed by atoms with Gasteiger partial charge >= 0.3 is 0 Å². The van der Waals surface area contributed by atoms with Crippen LogP contribution in [0.4, 0.5) is 0 Å². The second-order valence-electron chi connectivity index (χ2n) is 7.32. The van der Waals surface area contributed by atoms with Crippen molar-refractivity contribution in [3.63, 3.8) is 0 Å². The number of benzene rings is 1. The maximum Gasteiger partial charge on any atom is 0.284 e. The topological polar surface area (TPSA) is 111 Å². The van der Waals surface area contributed by atoms with Gasteiger partial charge in [0, 0.05) is 17.7 Å². The molecule has 180 valence electrons. The Kier molecular flexibility index (Phi) is 12.0. The van der Waals surface area contributed by atoms with Crippen LogP contribution in [0.25, 0.3) is 0 Å². The molecule has 2 aliphatic rings. The number of carbonyl (C=O) groups excluding carboxylic acids is 3. The lowest BCUT2D eigenvalue weighted by Gasteiger charge is -2.25. The summed E-state index contributed by atoms with van der Waals surface area (Å²) in [4.78, 5) is 34.6. The molecule has 4 N–H and O–H groups in total. The van der Waals surface area contributed by atoms with Gasteiger partial charge in [-0.25, -0.2) is 0 Å². The fraction of sp³-hybridized carbons (Fsp3) is 0.333. The van der Waals surface area contributed by atoms with Crippen LogP contribution >= 0.6 is 0 Å². The molecule has 1 aromatic carbocycles. The lowest BCUT2D eigenvalue weighted by atomic mass is 9.88. The fourth-order valence-corrected chi connectivity index (χ4v) is 3.39. The molecule has 1 fully saturated rings. The quantitative estimate of drug-likeness (QED) is 0.283. The molecule has 7 nitrogen and oxygen atoms in total. The van der Waals surface area contributed by atoms with E-state index in [1.807, 2.05) is 46.0 Å². The lowest BCUT2D eigenvalue weighted by molar-refractivity contribution is -0.131. The predicted octanol–water partition coefficient (Wildman–Crippen LogP) is 3.09. The molecule has 0 bridgehead atoms. The number of terminal acetylenes is 1. The average Bonchev–Trinajstić information content (AvgIpc) is 3.65. The van der Waals surface area contributed by atoms with Crippen LogP contribution in [0.1, 0.15) is 49.5 Å². The van der Waals surface area contributed by atoms with E-state index in [0.29, 0.717) is 23.4 Å². The molecule has 0 aromatic heterocycles. The van der Waals surface area contributed by atoms with Crippen LogP contribution < -0.4 is 16.0 Å². The zero-order chi connectivity index (χ0) is 25.6. The van der Waals surface area contributed by atoms with Gasteiger partial charge in [-0.15, -0.1) is 6.42 Å². The van der Waals surface area contributed by atoms with Gasteiger partial charge in [0.25, 0.3) is 11.8 Å². The number of aldehydes is 1. The number of nitrogens with one attached hydrogen (secondary N) is 4. The standard InChI is InChI=1S/C21H21N3O3.C4H7N.C2H6/c1-2-15-17(8-5-9-18(15)22)21(10-11-21)24-20(27)16-7-4-3-6-14(16)12-23-19(26)13-25;1-3-4-5-2;1-2/h2-9,13,22H,10-12H2,1H3,(H,23,26)(H,24,27);1,5H,4H2,2H3;1-2H3/b15-2-,22-18?;;. The Morgan fingerprint density at radius 3 is 2.44 bits per heavy atom. The van der Waals surface area contributed by atoms with Gasteiger partial charge in [-0.2, -0.15) is 0 Å². The van der Waals surface area contributed by atoms with E-state index in [2.05, 4.69) is 21.9 Å². The number of rotatable bonds is 7. The van der Waals surface area contributed by atoms with Gasteiger partial charge in [-0.05, 0) is 50.1 Å². The summed E-state index contributed by atoms with van der Waals surface area (Å²) < 4.78 is 0. The highest BCUT2D eigenvalue weighted by molar-refractivity contribution is 6.23. The predicted molar refractivity (Wildman–Crippen MR) is 137 cm³/mol. The van der Waals surface area contributed by atoms with E-state index in [4.69, 9.17) is 11.8 Å². The number of hydrogen-bond acceptors (Lipinski definition) is 5. The maximum atomic E-state index is 12.9. The average molecular weight is 463 g/mol. The summed E-state index contributed by atoms with van der Waals surface area (Å²) in [5.74, 6) is 1.45. The van der Waals surface area contributed by atoms with Crippen LogP contribution in [0.15, 0.2) is 59.7 Å². The molecule has 0 saturated heterocycles. The van der Waals surface area contributed by atoms with Crippen molar-refractivity contribution in [3.05, 3.63) is 70.8 Å². The van der Waals surface area contributed by atoms with E-state index < -0.39 is 11.4 Å². The molecule has 0 unspecified atom stereocenters. The Balaban J connectivity index is 0.000000733. The highest BCUT2D eigenvalue weighted by Crippen LogP contribution is 2.46. The molecular formula is C27H34N4O3. The first-order chi connectivity index (χ1) is 16.4. The second kappa shape index (κ2) is 14.4. The van der Waals surface area contributed by atoms with Crippen molar-refractivity contribution in [2.45, 2.75) is 45.7 Å². The van der Waals surface area contributed by atoms with Gasteiger partial charge in [0.1, 0.15) is 0 Å². The van der Waals surface area contributed by atoms with Crippen LogP contribution in [-0.2, 0) is 16.1 Å². The minimum atomic E-state index is -0.723. The van der Waals surface area contributed by atoms with E-state index in [0.717, 1.165) is 24.0 Å². The van der Waals surface area contributed by atoms with Crippen LogP contribution in [-0.4, -0.2) is 42.9 Å². The van der Waals surface area contributed by atoms with Crippen molar-refractivity contribution in [1.82, 2.24) is 16.0 Å². The Labute approximate surface area is 202 Å². The molecule has 2 amide bonds. The summed E-state index contributed by atoms with van der Waals surface area (Å²) in [6.45, 7) is 6.66. The lowest BCUT2D eigenvalue weighted by Crippen LogP contribution is -2.40. The van der Waals surface area contributed by atoms with E-state index in [9.17, 15) is 14.4 Å². The van der Waals surface area contributed by atoms with Gasteiger partial charge in [0.05, 0.1) is 17.8 Å². The minimum absolute atomic E-state index is 0.102. The number of allylic oxidation sites excluding steroid dienone is 4. The van der Waals surface area contributed by atoms with Crippen molar-refractivity contribution >= 4 is 23.8 Å². The Morgan fingerprint density at radius 2 is 1.91 bits per heavy atom. The van der Waals surface area contributed by atoms with Gasteiger partial charge in [0.15, 0.2) is 0 Å². The summed E-state index contributed by atoms with van der Waals surface area (Å²) in [7, 11) is 1.82. The van der Waals surface area contributed by atoms with Crippen molar-refractivity contribution < 1.29 is 14.4 Å². The first-order valence-corrected chi connectivity index (χ1v) is 11.3. The van der Waals surface area contributed by atoms with Crippen LogP contribution in [0, 0.1) is 17.8 Å². The second-order valence-corrected chi connectivity index (χ2v) is 7.32. The normalized spacial score (nSPS) is 15.9. The largest absolute Gasteiger partial charge is 0.346 e. The van der Waals surface area contributed by atoms with Gasteiger partial charge in [-0.1, -0.05) is 56.2 Å². The smallest absolute Gasteiger partial charge is 0.284 e. The first-order valence-electron chi connectivity index (χ1n) is 11.3. The zero-order valence-corrected chi connectivity index (χ0v) is 20.3. The number of hydrogen-bond donors (Lipinski definition) is 4. The molecule has 0 atom stereocenters. The Bertz CT molecular complexity index is 1020. The third kappa shape index (κ3) is 7.68. The molecule has 0 aliphatic heterocycles. The minimum Gasteiger partial charge on any atom is -0.346 e. The molecule has 34 heavy (non-hydrogen) atoms. The molecule has 1 saturated carbocycles. The summed E-state index contributed by atoms with van der Waals surface area (Å²) >= 11 is 0. The Hall–Kier alpha value is -3.76. The number of amides is 2. The fourth-order valence-electron chi connectivity index (χ4n) is 3.39. The van der Waals surface area contributed by atoms with Crippen molar-refractivity contribution in [1.29, 1.82) is 5.41 Å². The molecule has 0 heterocycles. The third-order valence-corrected chi connectivity index (χ3v) is 5.11. The number of carbonyl (C=O) groups is 3. The van der Waals surface area contributed by atoms with E-state index in [-0.39, 0.29) is 18.7 Å². The van der Waals surface area contributed by atoms with Gasteiger partial charge in [0.2, 0.25) is 6.29 Å². The van der Waals surface area contributed by atoms with Crippen LogP contribution in [0.2, 0.25) is 0 Å². The van der Waals surface area contributed by atoms with Gasteiger partial charge in [-0.3, -0.25) is 14.4 Å². The van der Waals surface area contributed by atoms with Crippen molar-refractivity contribution in [2.75, 3.05) is 13.6 Å². The van der Waals surface area contributed by atoms with E-state index >= 15 is 0 Å². The molecule has 3 rings (SSSR count). The molecular weight excluding hydrogens is 428 g/mol. The highest BCUT2D eigenvalue weighted by atomic mass is 16.2. The molecule has 0 spiro atoms. The molecule has 0 radical (unpaired) electrons. The van der Waals surface area contributed by atoms with Gasteiger partial charge < -0.3 is 21.4 Å².